The van der Waals surface area contributed by atoms with Gasteiger partial charge < -0.3 is 9.64 Å². The van der Waals surface area contributed by atoms with E-state index in [9.17, 15) is 9.59 Å². The highest BCUT2D eigenvalue weighted by atomic mass is 16.5. The summed E-state index contributed by atoms with van der Waals surface area (Å²) in [5.74, 6) is -0.562. The van der Waals surface area contributed by atoms with Crippen LogP contribution in [0.3, 0.4) is 0 Å². The van der Waals surface area contributed by atoms with Crippen molar-refractivity contribution in [2.45, 2.75) is 6.92 Å². The number of imide groups is 1. The minimum Gasteiger partial charge on any atom is -0.378 e. The van der Waals surface area contributed by atoms with Crippen molar-refractivity contribution in [3.8, 4) is 0 Å². The van der Waals surface area contributed by atoms with Crippen LogP contribution in [0.2, 0.25) is 0 Å². The molecule has 1 fully saturated rings. The first-order valence-electron chi connectivity index (χ1n) is 8.74. The molecule has 1 saturated heterocycles. The summed E-state index contributed by atoms with van der Waals surface area (Å²) < 4.78 is 5.39. The zero-order chi connectivity index (χ0) is 18.1. The van der Waals surface area contributed by atoms with Gasteiger partial charge in [0.15, 0.2) is 0 Å². The molecule has 26 heavy (non-hydrogen) atoms. The number of para-hydroxylation sites is 1. The fourth-order valence-electron chi connectivity index (χ4n) is 3.40. The smallest absolute Gasteiger partial charge is 0.267 e. The van der Waals surface area contributed by atoms with Gasteiger partial charge in [-0.3, -0.25) is 9.59 Å². The number of hydrogen-bond acceptors (Lipinski definition) is 4. The van der Waals surface area contributed by atoms with Gasteiger partial charge in [0, 0.05) is 30.4 Å². The second kappa shape index (κ2) is 6.77. The number of anilines is 1. The topological polar surface area (TPSA) is 49.9 Å². The van der Waals surface area contributed by atoms with Gasteiger partial charge in [-0.25, -0.2) is 4.90 Å². The van der Waals surface area contributed by atoms with Gasteiger partial charge in [0.25, 0.3) is 11.8 Å². The number of benzene rings is 2. The molecule has 2 heterocycles. The van der Waals surface area contributed by atoms with Crippen molar-refractivity contribution in [3.05, 3.63) is 71.4 Å². The number of ether oxygens (including phenoxy) is 1. The first-order chi connectivity index (χ1) is 12.7. The Balaban J connectivity index is 1.84. The van der Waals surface area contributed by atoms with E-state index in [-0.39, 0.29) is 11.8 Å². The Morgan fingerprint density at radius 2 is 1.54 bits per heavy atom. The maximum Gasteiger partial charge on any atom is 0.267 e. The minimum atomic E-state index is -0.283. The highest BCUT2D eigenvalue weighted by molar-refractivity contribution is 6.41. The third kappa shape index (κ3) is 2.80. The van der Waals surface area contributed by atoms with Gasteiger partial charge in [0.1, 0.15) is 0 Å². The van der Waals surface area contributed by atoms with Crippen molar-refractivity contribution < 1.29 is 14.3 Å². The predicted molar refractivity (Wildman–Crippen MR) is 99.8 cm³/mol. The molecule has 132 valence electrons. The molecule has 0 bridgehead atoms. The number of rotatable bonds is 2. The zero-order valence-corrected chi connectivity index (χ0v) is 14.6. The maximum absolute atomic E-state index is 13.3. The van der Waals surface area contributed by atoms with Gasteiger partial charge in [-0.2, -0.15) is 0 Å². The molecule has 2 aromatic carbocycles. The summed E-state index contributed by atoms with van der Waals surface area (Å²) in [5.41, 5.74) is 3.31. The van der Waals surface area contributed by atoms with Crippen molar-refractivity contribution in [1.29, 1.82) is 0 Å². The molecular weight excluding hydrogens is 328 g/mol. The van der Waals surface area contributed by atoms with Crippen LogP contribution in [0, 0.1) is 6.92 Å². The monoisotopic (exact) mass is 348 g/mol. The molecule has 2 aliphatic rings. The molecule has 2 aliphatic heterocycles. The van der Waals surface area contributed by atoms with Crippen LogP contribution in [0.5, 0.6) is 0 Å². The summed E-state index contributed by atoms with van der Waals surface area (Å²) in [6.07, 6.45) is 1.88. The van der Waals surface area contributed by atoms with Gasteiger partial charge in [-0.15, -0.1) is 0 Å². The van der Waals surface area contributed by atoms with Gasteiger partial charge in [-0.05, 0) is 24.6 Å². The summed E-state index contributed by atoms with van der Waals surface area (Å²) in [7, 11) is 0. The lowest BCUT2D eigenvalue weighted by Gasteiger charge is -2.32. The van der Waals surface area contributed by atoms with Gasteiger partial charge in [0.2, 0.25) is 0 Å². The maximum atomic E-state index is 13.3. The Labute approximate surface area is 152 Å². The third-order valence-electron chi connectivity index (χ3n) is 4.80. The van der Waals surface area contributed by atoms with E-state index in [0.29, 0.717) is 35.6 Å². The molecule has 0 aromatic heterocycles. The lowest BCUT2D eigenvalue weighted by atomic mass is 9.93. The summed E-state index contributed by atoms with van der Waals surface area (Å²) in [5, 5.41) is 0. The first-order valence-corrected chi connectivity index (χ1v) is 8.74. The summed E-state index contributed by atoms with van der Waals surface area (Å²) in [6, 6.07) is 14.8. The quantitative estimate of drug-likeness (QED) is 0.619. The first kappa shape index (κ1) is 16.5. The third-order valence-corrected chi connectivity index (χ3v) is 4.80. The fourth-order valence-corrected chi connectivity index (χ4v) is 3.40. The largest absolute Gasteiger partial charge is 0.378 e. The van der Waals surface area contributed by atoms with E-state index >= 15 is 0 Å². The lowest BCUT2D eigenvalue weighted by Crippen LogP contribution is -2.43. The highest BCUT2D eigenvalue weighted by Crippen LogP contribution is 2.33. The van der Waals surface area contributed by atoms with Crippen LogP contribution in [-0.2, 0) is 9.53 Å². The van der Waals surface area contributed by atoms with Crippen molar-refractivity contribution in [1.82, 2.24) is 4.90 Å². The number of fused-ring (bicyclic) bond motifs is 1. The number of amides is 2. The molecular formula is C21H20N2O3. The molecule has 0 unspecified atom stereocenters. The summed E-state index contributed by atoms with van der Waals surface area (Å²) >= 11 is 0. The minimum absolute atomic E-state index is 0.279. The molecule has 4 rings (SSSR count). The Morgan fingerprint density at radius 1 is 0.885 bits per heavy atom. The molecule has 5 nitrogen and oxygen atoms in total. The summed E-state index contributed by atoms with van der Waals surface area (Å²) in [4.78, 5) is 29.7. The average Bonchev–Trinajstić information content (AvgIpc) is 2.67. The van der Waals surface area contributed by atoms with E-state index in [1.54, 1.807) is 6.07 Å². The Hall–Kier alpha value is -2.92. The molecule has 0 radical (unpaired) electrons. The van der Waals surface area contributed by atoms with Crippen LogP contribution in [-0.4, -0.2) is 43.0 Å². The summed E-state index contributed by atoms with van der Waals surface area (Å²) in [6.45, 7) is 4.65. The number of morpholine rings is 1. The lowest BCUT2D eigenvalue weighted by molar-refractivity contribution is -0.112. The van der Waals surface area contributed by atoms with Gasteiger partial charge in [-0.1, -0.05) is 36.4 Å². The Bertz CT molecular complexity index is 898. The number of nitrogens with zero attached hydrogens (tertiary/aromatic N) is 2. The SMILES string of the molecule is Cc1ccccc1N1C(=O)/C(=C/N2CCOCC2)c2ccccc2C1=O. The average molecular weight is 348 g/mol. The van der Waals surface area contributed by atoms with Gasteiger partial charge in [0.05, 0.1) is 24.5 Å². The highest BCUT2D eigenvalue weighted by Gasteiger charge is 2.36. The molecule has 0 aliphatic carbocycles. The van der Waals surface area contributed by atoms with E-state index in [1.807, 2.05) is 55.6 Å². The van der Waals surface area contributed by atoms with Crippen molar-refractivity contribution in [2.24, 2.45) is 0 Å². The van der Waals surface area contributed by atoms with Crippen LogP contribution in [0.25, 0.3) is 5.57 Å². The Morgan fingerprint density at radius 3 is 2.27 bits per heavy atom. The number of aryl methyl sites for hydroxylation is 1. The van der Waals surface area contributed by atoms with E-state index in [4.69, 9.17) is 4.74 Å². The van der Waals surface area contributed by atoms with E-state index in [0.717, 1.165) is 18.7 Å². The van der Waals surface area contributed by atoms with E-state index in [2.05, 4.69) is 4.90 Å². The molecule has 2 aromatic rings. The normalized spacial score (nSPS) is 19.0. The van der Waals surface area contributed by atoms with Crippen LogP contribution in [0.15, 0.2) is 54.7 Å². The Kier molecular flexibility index (Phi) is 4.31. The van der Waals surface area contributed by atoms with Crippen molar-refractivity contribution >= 4 is 23.1 Å². The van der Waals surface area contributed by atoms with Crippen LogP contribution in [0.4, 0.5) is 5.69 Å². The fraction of sp³-hybridized carbons (Fsp3) is 0.238. The van der Waals surface area contributed by atoms with Crippen molar-refractivity contribution in [3.63, 3.8) is 0 Å². The zero-order valence-electron chi connectivity index (χ0n) is 14.6. The predicted octanol–water partition coefficient (Wildman–Crippen LogP) is 2.86. The van der Waals surface area contributed by atoms with Crippen LogP contribution < -0.4 is 4.90 Å². The number of carbonyl (C=O) groups excluding carboxylic acids is 2. The molecule has 0 N–H and O–H groups in total. The molecule has 0 spiro atoms. The number of hydrogen-bond donors (Lipinski definition) is 0. The second-order valence-electron chi connectivity index (χ2n) is 6.47. The second-order valence-corrected chi connectivity index (χ2v) is 6.47. The standard InChI is InChI=1S/C21H20N2O3/c1-15-6-2-5-9-19(15)23-20(24)17-8-4-3-7-16(17)18(21(23)25)14-22-10-12-26-13-11-22/h2-9,14H,10-13H2,1H3/b18-14+. The van der Waals surface area contributed by atoms with Gasteiger partial charge >= 0.3 is 0 Å². The molecule has 2 amide bonds. The van der Waals surface area contributed by atoms with E-state index in [1.165, 1.54) is 4.90 Å². The molecule has 0 saturated carbocycles. The van der Waals surface area contributed by atoms with Crippen LogP contribution in [0.1, 0.15) is 21.5 Å². The number of carbonyl (C=O) groups is 2. The molecule has 5 heteroatoms. The van der Waals surface area contributed by atoms with E-state index < -0.39 is 0 Å². The van der Waals surface area contributed by atoms with Crippen LogP contribution >= 0.6 is 0 Å². The molecule has 0 atom stereocenters. The van der Waals surface area contributed by atoms with Crippen molar-refractivity contribution in [2.75, 3.05) is 31.2 Å².